The average Bonchev–Trinajstić information content (AvgIpc) is 0.843. The number of aryl methyl sites for hydroxylation is 18. The molecule has 0 spiro atoms. The van der Waals surface area contributed by atoms with Crippen molar-refractivity contribution in [2.24, 2.45) is 0 Å². The molecule has 0 aliphatic rings. The van der Waals surface area contributed by atoms with Crippen molar-refractivity contribution in [1.82, 2.24) is 0 Å². The molecule has 0 aliphatic heterocycles. The zero-order valence-electron chi connectivity index (χ0n) is 78.7. The summed E-state index contributed by atoms with van der Waals surface area (Å²) in [4.78, 5) is 0. The molecule has 0 aromatic heterocycles. The highest BCUT2D eigenvalue weighted by Crippen LogP contribution is 2.33. The topological polar surface area (TPSA) is 0 Å². The van der Waals surface area contributed by atoms with Crippen LogP contribution >= 0.6 is 0 Å². The molecular weight excluding hydrogens is 1510 g/mol. The highest BCUT2D eigenvalue weighted by Gasteiger charge is 2.15. The number of rotatable bonds is 18. The van der Waals surface area contributed by atoms with E-state index in [0.717, 1.165) is 77.0 Å². The molecule has 0 nitrogen and oxygen atoms in total. The van der Waals surface area contributed by atoms with Gasteiger partial charge in [0.05, 0.1) is 0 Å². The van der Waals surface area contributed by atoms with Gasteiger partial charge in [0, 0.05) is 0 Å². The third-order valence-corrected chi connectivity index (χ3v) is 24.8. The molecule has 0 atom stereocenters. The van der Waals surface area contributed by atoms with Gasteiger partial charge in [-0.05, 0) is 325 Å². The van der Waals surface area contributed by atoms with Crippen molar-refractivity contribution in [3.63, 3.8) is 0 Å². The Hall–Kier alpha value is -12.5. The van der Waals surface area contributed by atoms with Crippen LogP contribution in [0.5, 0.6) is 0 Å². The monoisotopic (exact) mass is 1650 g/mol. The molecule has 126 heavy (non-hydrogen) atoms. The molecule has 0 heteroatoms. The second-order valence-corrected chi connectivity index (χ2v) is 35.9. The van der Waals surface area contributed by atoms with E-state index in [9.17, 15) is 0 Å². The maximum Gasteiger partial charge on any atom is -0.00167 e. The summed E-state index contributed by atoms with van der Waals surface area (Å²) in [6.45, 7) is 39.6. The fourth-order valence-corrected chi connectivity index (χ4v) is 19.6. The van der Waals surface area contributed by atoms with Crippen LogP contribution in [0.3, 0.4) is 0 Å². The van der Waals surface area contributed by atoms with E-state index in [1.165, 1.54) is 232 Å². The van der Waals surface area contributed by atoms with Gasteiger partial charge in [-0.15, -0.1) is 0 Å². The van der Waals surface area contributed by atoms with E-state index in [4.69, 9.17) is 0 Å². The molecule has 0 amide bonds. The first-order valence-corrected chi connectivity index (χ1v) is 46.4. The highest BCUT2D eigenvalue weighted by molar-refractivity contribution is 5.92. The Bertz CT molecular complexity index is 6600. The lowest BCUT2D eigenvalue weighted by Gasteiger charge is -2.13. The number of hydrogen-bond donors (Lipinski definition) is 0. The van der Waals surface area contributed by atoms with Crippen LogP contribution < -0.4 is 0 Å². The van der Waals surface area contributed by atoms with Crippen LogP contribution in [-0.4, -0.2) is 0 Å². The standard InChI is InChI=1S/6C21H22/c1-4-19-13-18(14-20-7-5-6-8-21(19)20)12-17-10-15(2)9-16(3)11-17;1-4-18-13-19-7-5-6-8-20(19)14-21(18)12-17-10-15(2)9-16(3)11-17;1-4-17-12-19-7-5-6-8-21(19)20(13-17)14-18-10-15(2)9-16(3)11-18;1-4-20-19(10-9-18-7-5-6-8-21(18)20)14-17-12-15(2)11-16(3)13-17;1-4-18-9-10-19(21-8-6-5-7-20(18)21)14-17-12-15(2)11-16(3)13-17;1-4-18-9-10-19-7-5-6-8-20(19)21(18)14-17-12-15(2)11-16(3)13-17/h2*5-11,13-14H,4,12H2,1-3H3;4*5-13H,4,14H2,1-3H3. The summed E-state index contributed by atoms with van der Waals surface area (Å²) in [5.74, 6) is 0. The molecule has 0 bridgehead atoms. The first kappa shape index (κ1) is 91.2. The van der Waals surface area contributed by atoms with E-state index in [0.29, 0.717) is 0 Å². The lowest BCUT2D eigenvalue weighted by molar-refractivity contribution is 1.06. The lowest BCUT2D eigenvalue weighted by atomic mass is 9.91. The maximum absolute atomic E-state index is 2.38. The van der Waals surface area contributed by atoms with Crippen LogP contribution in [-0.2, 0) is 77.0 Å². The van der Waals surface area contributed by atoms with Gasteiger partial charge in [0.15, 0.2) is 0 Å². The molecular formula is C126H132. The van der Waals surface area contributed by atoms with Crippen molar-refractivity contribution in [2.45, 2.75) is 202 Å². The summed E-state index contributed by atoms with van der Waals surface area (Å²) in [7, 11) is 0. The number of hydrogen-bond acceptors (Lipinski definition) is 0. The van der Waals surface area contributed by atoms with Crippen molar-refractivity contribution in [2.75, 3.05) is 0 Å². The molecule has 0 fully saturated rings. The van der Waals surface area contributed by atoms with Crippen LogP contribution in [0.1, 0.15) is 208 Å². The molecule has 0 saturated heterocycles. The predicted octanol–water partition coefficient (Wildman–Crippen LogP) is 33.7. The average molecular weight is 1650 g/mol. The van der Waals surface area contributed by atoms with Gasteiger partial charge in [-0.3, -0.25) is 0 Å². The van der Waals surface area contributed by atoms with Gasteiger partial charge in [0.2, 0.25) is 0 Å². The summed E-state index contributed by atoms with van der Waals surface area (Å²) >= 11 is 0. The zero-order valence-corrected chi connectivity index (χ0v) is 78.7. The molecule has 636 valence electrons. The fourth-order valence-electron chi connectivity index (χ4n) is 19.6. The normalized spacial score (nSPS) is 11.0. The molecule has 0 radical (unpaired) electrons. The second-order valence-electron chi connectivity index (χ2n) is 35.9. The van der Waals surface area contributed by atoms with E-state index in [1.807, 2.05) is 0 Å². The number of benzene rings is 18. The summed E-state index contributed by atoms with van der Waals surface area (Å²) in [6.07, 6.45) is 12.6. The number of fused-ring (bicyclic) bond motifs is 6. The van der Waals surface area contributed by atoms with Gasteiger partial charge in [0.25, 0.3) is 0 Å². The summed E-state index contributed by atoms with van der Waals surface area (Å²) < 4.78 is 0. The minimum atomic E-state index is 1.01. The Balaban J connectivity index is 0.000000130. The summed E-state index contributed by atoms with van der Waals surface area (Å²) in [6, 6.07) is 121. The van der Waals surface area contributed by atoms with Crippen molar-refractivity contribution in [3.8, 4) is 0 Å². The highest BCUT2D eigenvalue weighted by atomic mass is 14.2. The van der Waals surface area contributed by atoms with Gasteiger partial charge >= 0.3 is 0 Å². The Morgan fingerprint density at radius 1 is 0.135 bits per heavy atom. The third kappa shape index (κ3) is 24.3. The Morgan fingerprint density at radius 2 is 0.413 bits per heavy atom. The van der Waals surface area contributed by atoms with Crippen LogP contribution in [0.15, 0.2) is 328 Å². The molecule has 18 aromatic carbocycles. The van der Waals surface area contributed by atoms with Crippen molar-refractivity contribution in [1.29, 1.82) is 0 Å². The van der Waals surface area contributed by atoms with Crippen molar-refractivity contribution >= 4 is 64.6 Å². The van der Waals surface area contributed by atoms with Gasteiger partial charge < -0.3 is 0 Å². The molecule has 0 aliphatic carbocycles. The minimum absolute atomic E-state index is 1.01. The molecule has 0 unspecified atom stereocenters. The van der Waals surface area contributed by atoms with Crippen molar-refractivity contribution in [3.05, 3.63) is 494 Å². The van der Waals surface area contributed by atoms with E-state index >= 15 is 0 Å². The molecule has 0 saturated carbocycles. The second kappa shape index (κ2) is 43.4. The quantitative estimate of drug-likeness (QED) is 0.0803. The largest absolute Gasteiger partial charge is 0.0616 e. The first-order valence-electron chi connectivity index (χ1n) is 46.4. The van der Waals surface area contributed by atoms with Gasteiger partial charge in [0.1, 0.15) is 0 Å². The van der Waals surface area contributed by atoms with Crippen LogP contribution in [0.25, 0.3) is 64.6 Å². The van der Waals surface area contributed by atoms with Crippen molar-refractivity contribution < 1.29 is 0 Å². The van der Waals surface area contributed by atoms with Crippen LogP contribution in [0, 0.1) is 83.1 Å². The van der Waals surface area contributed by atoms with E-state index < -0.39 is 0 Å². The molecule has 0 heterocycles. The minimum Gasteiger partial charge on any atom is -0.0616 e. The smallest absolute Gasteiger partial charge is 0.00167 e. The maximum atomic E-state index is 2.38. The predicted molar refractivity (Wildman–Crippen MR) is 552 cm³/mol. The van der Waals surface area contributed by atoms with Gasteiger partial charge in [-0.1, -0.05) is 436 Å². The SMILES string of the molecule is CCc1c(Cc2cc(C)cc(C)c2)ccc2ccccc12.CCc1cc(Cc2cc(C)cc(C)c2)c2ccccc2c1.CCc1cc(Cc2cc(C)cc(C)c2)cc2ccccc12.CCc1cc2ccccc2cc1Cc1cc(C)cc(C)c1.CCc1ccc(Cc2cc(C)cc(C)c2)c2ccccc12.CCc1ccc2ccccc2c1Cc1cc(C)cc(C)c1. The van der Waals surface area contributed by atoms with E-state index in [2.05, 4.69) is 452 Å². The molecule has 0 N–H and O–H groups in total. The van der Waals surface area contributed by atoms with E-state index in [1.54, 1.807) is 0 Å². The fraction of sp³-hybridized carbons (Fsp3) is 0.238. The van der Waals surface area contributed by atoms with E-state index in [-0.39, 0.29) is 0 Å². The van der Waals surface area contributed by atoms with Crippen LogP contribution in [0.2, 0.25) is 0 Å². The third-order valence-electron chi connectivity index (χ3n) is 24.8. The Kier molecular flexibility index (Phi) is 31.4. The Morgan fingerprint density at radius 3 is 0.825 bits per heavy atom. The van der Waals surface area contributed by atoms with Gasteiger partial charge in [-0.2, -0.15) is 0 Å². The first-order chi connectivity index (χ1) is 61.0. The van der Waals surface area contributed by atoms with Gasteiger partial charge in [-0.25, -0.2) is 0 Å². The molecule has 18 rings (SSSR count). The Labute approximate surface area is 755 Å². The zero-order chi connectivity index (χ0) is 88.9. The summed E-state index contributed by atoms with van der Waals surface area (Å²) in [5, 5.41) is 16.5. The lowest BCUT2D eigenvalue weighted by Crippen LogP contribution is -1.97. The van der Waals surface area contributed by atoms with Crippen LogP contribution in [0.4, 0.5) is 0 Å². The summed E-state index contributed by atoms with van der Waals surface area (Å²) in [5.41, 5.74) is 42.1. The molecule has 18 aromatic rings.